The van der Waals surface area contributed by atoms with E-state index in [1.165, 1.54) is 18.1 Å². The molecule has 10 atom stereocenters. The summed E-state index contributed by atoms with van der Waals surface area (Å²) in [4.78, 5) is 12.4. The molecule has 5 nitrogen and oxygen atoms in total. The molecule has 4 aliphatic rings. The molecule has 210 valence electrons. The van der Waals surface area contributed by atoms with Crippen LogP contribution in [0.5, 0.6) is 0 Å². The molecule has 2 saturated carbocycles. The fourth-order valence-corrected chi connectivity index (χ4v) is 9.74. The second-order valence-electron chi connectivity index (χ2n) is 14.4. The number of rotatable bonds is 6. The predicted molar refractivity (Wildman–Crippen MR) is 147 cm³/mol. The molecule has 10 unspecified atom stereocenters. The molecule has 0 aromatic carbocycles. The maximum Gasteiger partial charge on any atom is 0.303 e. The minimum atomic E-state index is -0.898. The van der Waals surface area contributed by atoms with Gasteiger partial charge in [-0.1, -0.05) is 66.2 Å². The number of esters is 1. The van der Waals surface area contributed by atoms with Crippen molar-refractivity contribution in [1.29, 1.82) is 0 Å². The Hall–Kier alpha value is -1.17. The number of ether oxygens (including phenoxy) is 1. The van der Waals surface area contributed by atoms with Crippen LogP contribution in [-0.4, -0.2) is 45.7 Å². The Morgan fingerprint density at radius 2 is 1.73 bits per heavy atom. The van der Waals surface area contributed by atoms with Gasteiger partial charge in [0, 0.05) is 12.3 Å². The number of aliphatic hydroxyl groups excluding tert-OH is 3. The van der Waals surface area contributed by atoms with E-state index in [1.54, 1.807) is 0 Å². The SMILES string of the molecule is C=C(CCC(C)C1CCC2C3=C(C(O)C(OC(C)=O)C21C)C1(C)CC(O)C(O)C(C)(C)C1CC3)C(C)C. The van der Waals surface area contributed by atoms with Gasteiger partial charge in [0.1, 0.15) is 12.2 Å². The second kappa shape index (κ2) is 9.78. The minimum absolute atomic E-state index is 0.132. The van der Waals surface area contributed by atoms with E-state index in [2.05, 4.69) is 55.0 Å². The zero-order chi connectivity index (χ0) is 27.7. The smallest absolute Gasteiger partial charge is 0.303 e. The molecule has 0 amide bonds. The number of fused-ring (bicyclic) bond motifs is 4. The van der Waals surface area contributed by atoms with Crippen molar-refractivity contribution in [1.82, 2.24) is 0 Å². The fourth-order valence-electron chi connectivity index (χ4n) is 9.74. The van der Waals surface area contributed by atoms with Gasteiger partial charge in [-0.05, 0) is 90.9 Å². The molecule has 0 bridgehead atoms. The maximum atomic E-state index is 12.4. The zero-order valence-electron chi connectivity index (χ0n) is 24.5. The van der Waals surface area contributed by atoms with Crippen LogP contribution in [0.3, 0.4) is 0 Å². The number of allylic oxidation sites excluding steroid dienone is 2. The van der Waals surface area contributed by atoms with Gasteiger partial charge in [-0.3, -0.25) is 4.79 Å². The normalized spacial score (nSPS) is 43.6. The summed E-state index contributed by atoms with van der Waals surface area (Å²) in [5, 5.41) is 34.0. The highest BCUT2D eigenvalue weighted by Crippen LogP contribution is 2.68. The molecule has 0 aromatic rings. The second-order valence-corrected chi connectivity index (χ2v) is 14.4. The highest BCUT2D eigenvalue weighted by Gasteiger charge is 2.66. The van der Waals surface area contributed by atoms with Crippen LogP contribution in [0.15, 0.2) is 23.3 Å². The highest BCUT2D eigenvalue weighted by molar-refractivity contribution is 5.66. The molecule has 5 heteroatoms. The first-order chi connectivity index (χ1) is 17.1. The van der Waals surface area contributed by atoms with Crippen LogP contribution in [0, 0.1) is 45.8 Å². The number of hydrogen-bond donors (Lipinski definition) is 3. The van der Waals surface area contributed by atoms with Crippen LogP contribution in [0.1, 0.15) is 100 Å². The van der Waals surface area contributed by atoms with Crippen LogP contribution in [-0.2, 0) is 9.53 Å². The minimum Gasteiger partial charge on any atom is -0.459 e. The summed E-state index contributed by atoms with van der Waals surface area (Å²) in [6.07, 6.45) is 3.27. The van der Waals surface area contributed by atoms with E-state index >= 15 is 0 Å². The van der Waals surface area contributed by atoms with E-state index in [9.17, 15) is 20.1 Å². The van der Waals surface area contributed by atoms with Crippen LogP contribution in [0.4, 0.5) is 0 Å². The zero-order valence-corrected chi connectivity index (χ0v) is 24.5. The summed E-state index contributed by atoms with van der Waals surface area (Å²) in [5.74, 6) is 1.27. The topological polar surface area (TPSA) is 87.0 Å². The molecule has 0 aliphatic heterocycles. The largest absolute Gasteiger partial charge is 0.459 e. The maximum absolute atomic E-state index is 12.4. The van der Waals surface area contributed by atoms with Crippen LogP contribution >= 0.6 is 0 Å². The van der Waals surface area contributed by atoms with Gasteiger partial charge >= 0.3 is 5.97 Å². The van der Waals surface area contributed by atoms with Gasteiger partial charge in [-0.15, -0.1) is 0 Å². The first-order valence-corrected chi connectivity index (χ1v) is 14.7. The lowest BCUT2D eigenvalue weighted by Crippen LogP contribution is -2.63. The highest BCUT2D eigenvalue weighted by atomic mass is 16.6. The van der Waals surface area contributed by atoms with Crippen molar-refractivity contribution in [2.24, 2.45) is 45.8 Å². The lowest BCUT2D eigenvalue weighted by molar-refractivity contribution is -0.185. The van der Waals surface area contributed by atoms with Crippen LogP contribution in [0.25, 0.3) is 0 Å². The van der Waals surface area contributed by atoms with Crippen molar-refractivity contribution in [2.45, 2.75) is 125 Å². The molecule has 0 saturated heterocycles. The molecular weight excluding hydrogens is 464 g/mol. The van der Waals surface area contributed by atoms with E-state index in [0.29, 0.717) is 24.2 Å². The number of aliphatic hydroxyl groups is 3. The van der Waals surface area contributed by atoms with Gasteiger partial charge in [0.15, 0.2) is 0 Å². The summed E-state index contributed by atoms with van der Waals surface area (Å²) < 4.78 is 6.09. The van der Waals surface area contributed by atoms with Gasteiger partial charge in [-0.2, -0.15) is 0 Å². The van der Waals surface area contributed by atoms with Crippen molar-refractivity contribution in [3.63, 3.8) is 0 Å². The molecule has 0 aromatic heterocycles. The average Bonchev–Trinajstić information content (AvgIpc) is 3.15. The molecule has 4 aliphatic carbocycles. The van der Waals surface area contributed by atoms with Gasteiger partial charge < -0.3 is 20.1 Å². The predicted octanol–water partition coefficient (Wildman–Crippen LogP) is 5.82. The molecule has 0 radical (unpaired) electrons. The summed E-state index contributed by atoms with van der Waals surface area (Å²) in [7, 11) is 0. The van der Waals surface area contributed by atoms with Gasteiger partial charge in [0.2, 0.25) is 0 Å². The van der Waals surface area contributed by atoms with Crippen molar-refractivity contribution in [2.75, 3.05) is 0 Å². The summed E-state index contributed by atoms with van der Waals surface area (Å²) in [5.41, 5.74) is 2.36. The van der Waals surface area contributed by atoms with E-state index in [-0.39, 0.29) is 23.2 Å². The molecule has 3 N–H and O–H groups in total. The third kappa shape index (κ3) is 4.36. The fraction of sp³-hybridized carbons (Fsp3) is 0.844. The van der Waals surface area contributed by atoms with Crippen LogP contribution in [0.2, 0.25) is 0 Å². The van der Waals surface area contributed by atoms with E-state index in [0.717, 1.165) is 44.1 Å². The van der Waals surface area contributed by atoms with Gasteiger partial charge in [-0.25, -0.2) is 0 Å². The van der Waals surface area contributed by atoms with Crippen LogP contribution < -0.4 is 0 Å². The third-order valence-electron chi connectivity index (χ3n) is 11.7. The third-order valence-corrected chi connectivity index (χ3v) is 11.7. The van der Waals surface area contributed by atoms with Gasteiger partial charge in [0.05, 0.1) is 12.2 Å². The molecule has 4 rings (SSSR count). The lowest BCUT2D eigenvalue weighted by Gasteiger charge is -2.62. The molecule has 0 heterocycles. The average molecular weight is 517 g/mol. The molecule has 2 fully saturated rings. The Kier molecular flexibility index (Phi) is 7.62. The molecular formula is C32H52O5. The number of carbonyl (C=O) groups excluding carboxylic acids is 1. The van der Waals surface area contributed by atoms with E-state index in [1.807, 2.05) is 0 Å². The summed E-state index contributed by atoms with van der Waals surface area (Å²) in [6, 6.07) is 0. The van der Waals surface area contributed by atoms with E-state index < -0.39 is 35.2 Å². The number of hydrogen-bond acceptors (Lipinski definition) is 5. The molecule has 0 spiro atoms. The first kappa shape index (κ1) is 28.8. The Morgan fingerprint density at radius 1 is 1.08 bits per heavy atom. The van der Waals surface area contributed by atoms with Crippen molar-refractivity contribution in [3.8, 4) is 0 Å². The standard InChI is InChI=1S/C32H52O5/c1-17(2)18(3)10-11-19(4)22-13-14-23-21-12-15-25-30(6,7)28(36)24(34)16-31(25,8)26(21)27(35)29(32(22,23)9)37-20(5)33/h17,19,22-25,27-29,34-36H,3,10-16H2,1-2,4-9H3. The van der Waals surface area contributed by atoms with Crippen molar-refractivity contribution in [3.05, 3.63) is 23.3 Å². The Morgan fingerprint density at radius 3 is 2.32 bits per heavy atom. The lowest BCUT2D eigenvalue weighted by atomic mass is 9.44. The van der Waals surface area contributed by atoms with E-state index in [4.69, 9.17) is 4.74 Å². The summed E-state index contributed by atoms with van der Waals surface area (Å²) in [6.45, 7) is 21.0. The monoisotopic (exact) mass is 516 g/mol. The van der Waals surface area contributed by atoms with Crippen molar-refractivity contribution < 1.29 is 24.9 Å². The quantitative estimate of drug-likeness (QED) is 0.306. The number of carbonyl (C=O) groups is 1. The van der Waals surface area contributed by atoms with Crippen molar-refractivity contribution >= 4 is 5.97 Å². The Labute approximate surface area is 224 Å². The van der Waals surface area contributed by atoms with Gasteiger partial charge in [0.25, 0.3) is 0 Å². The summed E-state index contributed by atoms with van der Waals surface area (Å²) >= 11 is 0. The Balaban J connectivity index is 1.77. The molecule has 37 heavy (non-hydrogen) atoms. The Bertz CT molecular complexity index is 949. The first-order valence-electron chi connectivity index (χ1n) is 14.7.